The van der Waals surface area contributed by atoms with Gasteiger partial charge in [-0.2, -0.15) is 0 Å². The lowest BCUT2D eigenvalue weighted by atomic mass is 10.1. The minimum absolute atomic E-state index is 0.00917. The third kappa shape index (κ3) is 3.93. The molecule has 146 valence electrons. The number of aromatic nitrogens is 2. The van der Waals surface area contributed by atoms with Gasteiger partial charge in [0.25, 0.3) is 0 Å². The predicted octanol–water partition coefficient (Wildman–Crippen LogP) is 4.32. The molecule has 0 spiro atoms. The van der Waals surface area contributed by atoms with Crippen molar-refractivity contribution in [1.82, 2.24) is 9.55 Å². The summed E-state index contributed by atoms with van der Waals surface area (Å²) in [5.74, 6) is -3.29. The highest BCUT2D eigenvalue weighted by Gasteiger charge is 2.25. The van der Waals surface area contributed by atoms with Crippen LogP contribution < -0.4 is 0 Å². The van der Waals surface area contributed by atoms with Crippen LogP contribution in [-0.2, 0) is 16.1 Å². The van der Waals surface area contributed by atoms with Crippen molar-refractivity contribution < 1.29 is 27.0 Å². The van der Waals surface area contributed by atoms with E-state index in [1.54, 1.807) is 18.6 Å². The molecule has 2 unspecified atom stereocenters. The van der Waals surface area contributed by atoms with Gasteiger partial charge in [-0.05, 0) is 35.4 Å². The standard InChI is InChI=1S/C12H10F2N2O.C8H6F2O/c13-10-2-1-8(3-11(10)14)12-6-17-5-9-4-15-7-16(9)12;9-6-2-1-5(3-7(6)10)8-4-11-8/h1-4,7,12H,5-6H2;1-3,8H,4H2. The molecule has 0 bridgehead atoms. The molecule has 1 saturated heterocycles. The summed E-state index contributed by atoms with van der Waals surface area (Å²) in [5, 5.41) is 0. The van der Waals surface area contributed by atoms with Crippen molar-refractivity contribution in [2.45, 2.75) is 18.8 Å². The Morgan fingerprint density at radius 1 is 0.857 bits per heavy atom. The molecule has 2 atom stereocenters. The average molecular weight is 392 g/mol. The van der Waals surface area contributed by atoms with Crippen LogP contribution in [-0.4, -0.2) is 22.8 Å². The van der Waals surface area contributed by atoms with Crippen molar-refractivity contribution in [2.75, 3.05) is 13.2 Å². The second kappa shape index (κ2) is 7.73. The first-order valence-corrected chi connectivity index (χ1v) is 8.63. The molecule has 1 fully saturated rings. The zero-order chi connectivity index (χ0) is 19.7. The van der Waals surface area contributed by atoms with Crippen LogP contribution in [0, 0.1) is 23.3 Å². The molecule has 5 rings (SSSR count). The molecule has 0 amide bonds. The van der Waals surface area contributed by atoms with Gasteiger partial charge >= 0.3 is 0 Å². The quantitative estimate of drug-likeness (QED) is 0.482. The third-order valence-corrected chi connectivity index (χ3v) is 4.58. The fraction of sp³-hybridized carbons (Fsp3) is 0.250. The normalized spacial score (nSPS) is 20.1. The number of rotatable bonds is 2. The van der Waals surface area contributed by atoms with Crippen molar-refractivity contribution in [3.05, 3.63) is 89.0 Å². The lowest BCUT2D eigenvalue weighted by Gasteiger charge is -2.26. The van der Waals surface area contributed by atoms with Crippen molar-refractivity contribution in [3.8, 4) is 0 Å². The van der Waals surface area contributed by atoms with Gasteiger partial charge in [0.05, 0.1) is 44.1 Å². The van der Waals surface area contributed by atoms with Gasteiger partial charge in [-0.3, -0.25) is 0 Å². The van der Waals surface area contributed by atoms with Gasteiger partial charge < -0.3 is 14.0 Å². The van der Waals surface area contributed by atoms with Crippen LogP contribution in [0.2, 0.25) is 0 Å². The number of imidazole rings is 1. The van der Waals surface area contributed by atoms with E-state index in [0.717, 1.165) is 17.8 Å². The van der Waals surface area contributed by atoms with Crippen molar-refractivity contribution in [3.63, 3.8) is 0 Å². The highest BCUT2D eigenvalue weighted by molar-refractivity contribution is 5.24. The van der Waals surface area contributed by atoms with Crippen LogP contribution in [0.5, 0.6) is 0 Å². The number of hydrogen-bond donors (Lipinski definition) is 0. The number of halogens is 4. The Morgan fingerprint density at radius 2 is 1.50 bits per heavy atom. The second-order valence-corrected chi connectivity index (χ2v) is 6.49. The highest BCUT2D eigenvalue weighted by Crippen LogP contribution is 2.30. The number of nitrogens with zero attached hydrogens (tertiary/aromatic N) is 2. The smallest absolute Gasteiger partial charge is 0.159 e. The van der Waals surface area contributed by atoms with Crippen LogP contribution in [0.1, 0.15) is 29.0 Å². The number of ether oxygens (including phenoxy) is 2. The molecule has 0 aliphatic carbocycles. The SMILES string of the molecule is Fc1ccc(C2CO2)cc1F.Fc1ccc(C2COCc3cncn32)cc1F. The van der Waals surface area contributed by atoms with Crippen molar-refractivity contribution >= 4 is 0 Å². The van der Waals surface area contributed by atoms with Gasteiger partial charge in [0.15, 0.2) is 23.3 Å². The molecule has 0 N–H and O–H groups in total. The van der Waals surface area contributed by atoms with E-state index >= 15 is 0 Å². The Bertz CT molecular complexity index is 988. The molecule has 0 radical (unpaired) electrons. The van der Waals surface area contributed by atoms with E-state index in [0.29, 0.717) is 30.9 Å². The van der Waals surface area contributed by atoms with Crippen LogP contribution in [0.15, 0.2) is 48.9 Å². The van der Waals surface area contributed by atoms with Crippen molar-refractivity contribution in [2.24, 2.45) is 0 Å². The second-order valence-electron chi connectivity index (χ2n) is 6.49. The zero-order valence-electron chi connectivity index (χ0n) is 14.6. The first-order chi connectivity index (χ1) is 13.5. The average Bonchev–Trinajstić information content (AvgIpc) is 3.43. The molecular formula is C20H16F4N2O2. The molecule has 1 aromatic heterocycles. The maximum Gasteiger partial charge on any atom is 0.159 e. The van der Waals surface area contributed by atoms with E-state index in [1.807, 2.05) is 4.57 Å². The molecular weight excluding hydrogens is 376 g/mol. The number of benzene rings is 2. The first-order valence-electron chi connectivity index (χ1n) is 8.63. The van der Waals surface area contributed by atoms with Crippen LogP contribution in [0.3, 0.4) is 0 Å². The summed E-state index contributed by atoms with van der Waals surface area (Å²) in [6.07, 6.45) is 3.39. The Labute approximate surface area is 158 Å². The topological polar surface area (TPSA) is 39.6 Å². The van der Waals surface area contributed by atoms with Gasteiger partial charge in [-0.15, -0.1) is 0 Å². The van der Waals surface area contributed by atoms with E-state index < -0.39 is 23.3 Å². The lowest BCUT2D eigenvalue weighted by molar-refractivity contribution is 0.0694. The summed E-state index contributed by atoms with van der Waals surface area (Å²) >= 11 is 0. The summed E-state index contributed by atoms with van der Waals surface area (Å²) in [5.41, 5.74) is 2.33. The predicted molar refractivity (Wildman–Crippen MR) is 91.4 cm³/mol. The molecule has 2 aromatic carbocycles. The molecule has 28 heavy (non-hydrogen) atoms. The molecule has 4 nitrogen and oxygen atoms in total. The summed E-state index contributed by atoms with van der Waals surface area (Å²) in [7, 11) is 0. The molecule has 3 heterocycles. The van der Waals surface area contributed by atoms with Crippen LogP contribution >= 0.6 is 0 Å². The van der Waals surface area contributed by atoms with Crippen LogP contribution in [0.4, 0.5) is 17.6 Å². The Balaban J connectivity index is 0.000000151. The molecule has 2 aliphatic rings. The zero-order valence-corrected chi connectivity index (χ0v) is 14.6. The van der Waals surface area contributed by atoms with E-state index in [-0.39, 0.29) is 12.1 Å². The van der Waals surface area contributed by atoms with Gasteiger partial charge in [0.2, 0.25) is 0 Å². The van der Waals surface area contributed by atoms with Crippen molar-refractivity contribution in [1.29, 1.82) is 0 Å². The third-order valence-electron chi connectivity index (χ3n) is 4.58. The Morgan fingerprint density at radius 3 is 2.14 bits per heavy atom. The maximum atomic E-state index is 13.2. The van der Waals surface area contributed by atoms with E-state index in [4.69, 9.17) is 9.47 Å². The maximum absolute atomic E-state index is 13.2. The minimum Gasteiger partial charge on any atom is -0.373 e. The summed E-state index contributed by atoms with van der Waals surface area (Å²) in [6.45, 7) is 1.56. The van der Waals surface area contributed by atoms with Gasteiger partial charge in [-0.25, -0.2) is 22.5 Å². The van der Waals surface area contributed by atoms with Crippen LogP contribution in [0.25, 0.3) is 0 Å². The molecule has 2 aliphatic heterocycles. The number of hydrogen-bond acceptors (Lipinski definition) is 3. The first kappa shape index (κ1) is 18.6. The van der Waals surface area contributed by atoms with E-state index in [9.17, 15) is 17.6 Å². The monoisotopic (exact) mass is 392 g/mol. The summed E-state index contributed by atoms with van der Waals surface area (Å²) in [6, 6.07) is 7.60. The highest BCUT2D eigenvalue weighted by atomic mass is 19.2. The summed E-state index contributed by atoms with van der Waals surface area (Å²) in [4.78, 5) is 4.03. The fourth-order valence-corrected chi connectivity index (χ4v) is 3.01. The van der Waals surface area contributed by atoms with Gasteiger partial charge in [-0.1, -0.05) is 12.1 Å². The molecule has 3 aromatic rings. The number of epoxide rings is 1. The van der Waals surface area contributed by atoms with Gasteiger partial charge in [0.1, 0.15) is 6.10 Å². The Kier molecular flexibility index (Phi) is 5.15. The minimum atomic E-state index is -0.838. The Hall–Kier alpha value is -2.71. The van der Waals surface area contributed by atoms with E-state index in [2.05, 4.69) is 4.98 Å². The molecule has 0 saturated carbocycles. The van der Waals surface area contributed by atoms with E-state index in [1.165, 1.54) is 18.2 Å². The fourth-order valence-electron chi connectivity index (χ4n) is 3.01. The summed E-state index contributed by atoms with van der Waals surface area (Å²) < 4.78 is 63.2. The van der Waals surface area contributed by atoms with Gasteiger partial charge in [0, 0.05) is 0 Å². The molecule has 8 heteroatoms. The largest absolute Gasteiger partial charge is 0.373 e. The lowest BCUT2D eigenvalue weighted by Crippen LogP contribution is -2.23. The number of fused-ring (bicyclic) bond motifs is 1.